The molecule has 2 aliphatic carbocycles. The molecule has 0 heterocycles. The molecular weight excluding hydrogens is 234 g/mol. The predicted molar refractivity (Wildman–Crippen MR) is 71.2 cm³/mol. The van der Waals surface area contributed by atoms with Crippen LogP contribution in [0.15, 0.2) is 0 Å². The van der Waals surface area contributed by atoms with Crippen LogP contribution in [0.5, 0.6) is 0 Å². The van der Waals surface area contributed by atoms with Crippen molar-refractivity contribution in [1.82, 2.24) is 4.90 Å². The van der Waals surface area contributed by atoms with Gasteiger partial charge in [0.15, 0.2) is 0 Å². The van der Waals surface area contributed by atoms with Crippen LogP contribution in [-0.4, -0.2) is 29.3 Å². The summed E-state index contributed by atoms with van der Waals surface area (Å²) in [4.78, 5) is 14.2. The number of hydrogen-bond acceptors (Lipinski definition) is 1. The normalized spacial score (nSPS) is 30.5. The van der Waals surface area contributed by atoms with Crippen LogP contribution in [0, 0.1) is 5.92 Å². The number of rotatable bonds is 3. The number of nitrogens with zero attached hydrogens (tertiary/aromatic N) is 1. The second-order valence-corrected chi connectivity index (χ2v) is 6.29. The van der Waals surface area contributed by atoms with E-state index in [0.29, 0.717) is 11.8 Å². The highest BCUT2D eigenvalue weighted by atomic mass is 35.5. The van der Waals surface area contributed by atoms with Crippen LogP contribution in [0.2, 0.25) is 0 Å². The Morgan fingerprint density at radius 1 is 1.12 bits per heavy atom. The first-order chi connectivity index (χ1) is 8.18. The smallest absolute Gasteiger partial charge is 0.222 e. The van der Waals surface area contributed by atoms with Crippen LogP contribution >= 0.6 is 11.6 Å². The third-order valence-corrected chi connectivity index (χ3v) is 4.99. The van der Waals surface area contributed by atoms with E-state index in [-0.39, 0.29) is 11.4 Å². The summed E-state index contributed by atoms with van der Waals surface area (Å²) in [6.07, 6.45) is 10.4. The van der Waals surface area contributed by atoms with Crippen LogP contribution in [0.4, 0.5) is 0 Å². The summed E-state index contributed by atoms with van der Waals surface area (Å²) in [6, 6.07) is 0.277. The quantitative estimate of drug-likeness (QED) is 0.708. The number of hydrogen-bond donors (Lipinski definition) is 0. The van der Waals surface area contributed by atoms with E-state index in [0.717, 1.165) is 19.3 Å². The molecule has 98 valence electrons. The summed E-state index contributed by atoms with van der Waals surface area (Å²) in [6.45, 7) is 0. The monoisotopic (exact) mass is 257 g/mol. The lowest BCUT2D eigenvalue weighted by molar-refractivity contribution is -0.133. The van der Waals surface area contributed by atoms with Crippen LogP contribution in [0.1, 0.15) is 57.8 Å². The van der Waals surface area contributed by atoms with Crippen molar-refractivity contribution in [1.29, 1.82) is 0 Å². The Bertz CT molecular complexity index is 263. The Morgan fingerprint density at radius 3 is 2.35 bits per heavy atom. The summed E-state index contributed by atoms with van der Waals surface area (Å²) >= 11 is 6.34. The molecule has 2 fully saturated rings. The fraction of sp³-hybridized carbons (Fsp3) is 0.929. The standard InChI is InChI=1S/C14H24ClNO/c1-16(13-9-5-4-8-12(13)15)14(17)10-11-6-2-3-7-11/h11-13H,2-10H2,1H3. The summed E-state index contributed by atoms with van der Waals surface area (Å²) in [5, 5.41) is 0.168. The van der Waals surface area contributed by atoms with E-state index in [1.54, 1.807) is 0 Å². The van der Waals surface area contributed by atoms with Crippen molar-refractivity contribution in [3.63, 3.8) is 0 Å². The Hall–Kier alpha value is -0.240. The maximum Gasteiger partial charge on any atom is 0.222 e. The Kier molecular flexibility index (Phi) is 4.72. The van der Waals surface area contributed by atoms with Gasteiger partial charge in [-0.25, -0.2) is 0 Å². The molecule has 2 saturated carbocycles. The van der Waals surface area contributed by atoms with Crippen molar-refractivity contribution in [2.24, 2.45) is 5.92 Å². The predicted octanol–water partition coefficient (Wildman–Crippen LogP) is 3.58. The van der Waals surface area contributed by atoms with Gasteiger partial charge in [-0.3, -0.25) is 4.79 Å². The second-order valence-electron chi connectivity index (χ2n) is 5.73. The SMILES string of the molecule is CN(C(=O)CC1CCCC1)C1CCCCC1Cl. The van der Waals surface area contributed by atoms with Crippen molar-refractivity contribution < 1.29 is 4.79 Å². The molecule has 0 saturated heterocycles. The first-order valence-electron chi connectivity index (χ1n) is 7.08. The van der Waals surface area contributed by atoms with E-state index in [1.165, 1.54) is 38.5 Å². The number of carbonyl (C=O) groups excluding carboxylic acids is 1. The van der Waals surface area contributed by atoms with E-state index < -0.39 is 0 Å². The largest absolute Gasteiger partial charge is 0.341 e. The lowest BCUT2D eigenvalue weighted by Crippen LogP contribution is -2.44. The van der Waals surface area contributed by atoms with Gasteiger partial charge in [0.2, 0.25) is 5.91 Å². The lowest BCUT2D eigenvalue weighted by Gasteiger charge is -2.35. The summed E-state index contributed by atoms with van der Waals surface area (Å²) < 4.78 is 0. The van der Waals surface area contributed by atoms with Gasteiger partial charge in [0.05, 0.1) is 5.38 Å². The molecule has 2 aliphatic rings. The first kappa shape index (κ1) is 13.2. The van der Waals surface area contributed by atoms with Crippen LogP contribution < -0.4 is 0 Å². The van der Waals surface area contributed by atoms with Gasteiger partial charge in [0, 0.05) is 19.5 Å². The van der Waals surface area contributed by atoms with Gasteiger partial charge in [-0.15, -0.1) is 11.6 Å². The Balaban J connectivity index is 1.84. The van der Waals surface area contributed by atoms with Crippen molar-refractivity contribution in [2.75, 3.05) is 7.05 Å². The Morgan fingerprint density at radius 2 is 1.71 bits per heavy atom. The zero-order valence-corrected chi connectivity index (χ0v) is 11.6. The molecule has 0 aromatic heterocycles. The van der Waals surface area contributed by atoms with Crippen molar-refractivity contribution in [2.45, 2.75) is 69.2 Å². The third-order valence-electron chi connectivity index (χ3n) is 4.48. The lowest BCUT2D eigenvalue weighted by atomic mass is 9.93. The number of carbonyl (C=O) groups is 1. The van der Waals surface area contributed by atoms with E-state index >= 15 is 0 Å². The molecule has 0 aliphatic heterocycles. The van der Waals surface area contributed by atoms with Crippen molar-refractivity contribution in [3.05, 3.63) is 0 Å². The van der Waals surface area contributed by atoms with E-state index in [1.807, 2.05) is 11.9 Å². The minimum absolute atomic E-state index is 0.168. The number of alkyl halides is 1. The third kappa shape index (κ3) is 3.37. The molecule has 0 N–H and O–H groups in total. The van der Waals surface area contributed by atoms with Gasteiger partial charge in [0.1, 0.15) is 0 Å². The minimum atomic E-state index is 0.168. The summed E-state index contributed by atoms with van der Waals surface area (Å²) in [7, 11) is 1.95. The summed E-state index contributed by atoms with van der Waals surface area (Å²) in [5.74, 6) is 0.955. The maximum absolute atomic E-state index is 12.2. The highest BCUT2D eigenvalue weighted by molar-refractivity contribution is 6.21. The molecular formula is C14H24ClNO. The van der Waals surface area contributed by atoms with Crippen molar-refractivity contribution >= 4 is 17.5 Å². The Labute approximate surface area is 110 Å². The van der Waals surface area contributed by atoms with Crippen LogP contribution in [-0.2, 0) is 4.79 Å². The van der Waals surface area contributed by atoms with Gasteiger partial charge in [-0.05, 0) is 31.6 Å². The minimum Gasteiger partial charge on any atom is -0.341 e. The average molecular weight is 258 g/mol. The average Bonchev–Trinajstić information content (AvgIpc) is 2.81. The van der Waals surface area contributed by atoms with E-state index in [9.17, 15) is 4.79 Å². The highest BCUT2D eigenvalue weighted by Gasteiger charge is 2.30. The molecule has 3 heteroatoms. The fourth-order valence-electron chi connectivity index (χ4n) is 3.29. The molecule has 0 bridgehead atoms. The molecule has 2 rings (SSSR count). The van der Waals surface area contributed by atoms with Gasteiger partial charge in [-0.2, -0.15) is 0 Å². The highest BCUT2D eigenvalue weighted by Crippen LogP contribution is 2.30. The van der Waals surface area contributed by atoms with Crippen LogP contribution in [0.3, 0.4) is 0 Å². The first-order valence-corrected chi connectivity index (χ1v) is 7.52. The topological polar surface area (TPSA) is 20.3 Å². The van der Waals surface area contributed by atoms with Crippen LogP contribution in [0.25, 0.3) is 0 Å². The van der Waals surface area contributed by atoms with E-state index in [4.69, 9.17) is 11.6 Å². The number of amides is 1. The molecule has 0 aromatic carbocycles. The fourth-order valence-corrected chi connectivity index (χ4v) is 3.74. The summed E-state index contributed by atoms with van der Waals surface area (Å²) in [5.41, 5.74) is 0. The molecule has 2 nitrogen and oxygen atoms in total. The second kappa shape index (κ2) is 6.08. The van der Waals surface area contributed by atoms with Crippen molar-refractivity contribution in [3.8, 4) is 0 Å². The van der Waals surface area contributed by atoms with Gasteiger partial charge >= 0.3 is 0 Å². The molecule has 2 unspecified atom stereocenters. The molecule has 2 atom stereocenters. The zero-order chi connectivity index (χ0) is 12.3. The van der Waals surface area contributed by atoms with Gasteiger partial charge in [-0.1, -0.05) is 25.7 Å². The van der Waals surface area contributed by atoms with E-state index in [2.05, 4.69) is 0 Å². The molecule has 0 aromatic rings. The molecule has 0 spiro atoms. The maximum atomic E-state index is 12.2. The molecule has 1 amide bonds. The number of halogens is 1. The molecule has 0 radical (unpaired) electrons. The van der Waals surface area contributed by atoms with Gasteiger partial charge < -0.3 is 4.90 Å². The van der Waals surface area contributed by atoms with Gasteiger partial charge in [0.25, 0.3) is 0 Å². The zero-order valence-electron chi connectivity index (χ0n) is 10.8. The molecule has 17 heavy (non-hydrogen) atoms.